The molecule has 4 rings (SSSR count). The lowest BCUT2D eigenvalue weighted by atomic mass is 9.73. The number of carbonyl (C=O) groups excluding carboxylic acids is 1. The van der Waals surface area contributed by atoms with Crippen molar-refractivity contribution in [1.82, 2.24) is 0 Å². The van der Waals surface area contributed by atoms with E-state index in [4.69, 9.17) is 4.74 Å². The molecule has 2 aliphatic rings. The van der Waals surface area contributed by atoms with Crippen LogP contribution in [0.15, 0.2) is 59.8 Å². The van der Waals surface area contributed by atoms with Crippen LogP contribution in [-0.4, -0.2) is 12.9 Å². The standard InChI is InChI=1S/C22H24N2O2/c1-22(2)12-17-20(18(25)13-22)21(14-8-4-7-11-19(14)26-3)24-16-10-6-5-9-15(16)23-17/h4-11,21,23-24H,12-13H2,1-3H3/t21-/m1/s1. The number of ether oxygens (including phenoxy) is 1. The third-order valence-electron chi connectivity index (χ3n) is 5.17. The van der Waals surface area contributed by atoms with Crippen LogP contribution in [0.4, 0.5) is 11.4 Å². The van der Waals surface area contributed by atoms with E-state index in [0.717, 1.165) is 40.4 Å². The van der Waals surface area contributed by atoms with Gasteiger partial charge in [0.2, 0.25) is 0 Å². The summed E-state index contributed by atoms with van der Waals surface area (Å²) in [5.41, 5.74) is 4.76. The van der Waals surface area contributed by atoms with E-state index in [1.165, 1.54) is 0 Å². The Labute approximate surface area is 154 Å². The molecule has 0 aromatic heterocycles. The molecular formula is C22H24N2O2. The molecule has 2 aromatic carbocycles. The van der Waals surface area contributed by atoms with E-state index in [0.29, 0.717) is 6.42 Å². The summed E-state index contributed by atoms with van der Waals surface area (Å²) in [6.45, 7) is 4.30. The summed E-state index contributed by atoms with van der Waals surface area (Å²) >= 11 is 0. The van der Waals surface area contributed by atoms with Crippen LogP contribution in [0, 0.1) is 5.41 Å². The van der Waals surface area contributed by atoms with Gasteiger partial charge < -0.3 is 15.4 Å². The van der Waals surface area contributed by atoms with Crippen molar-refractivity contribution in [3.05, 3.63) is 65.4 Å². The van der Waals surface area contributed by atoms with Crippen LogP contribution in [0.5, 0.6) is 5.75 Å². The van der Waals surface area contributed by atoms with E-state index in [1.807, 2.05) is 48.5 Å². The van der Waals surface area contributed by atoms with Crippen molar-refractivity contribution in [2.45, 2.75) is 32.7 Å². The number of para-hydroxylation sites is 3. The highest BCUT2D eigenvalue weighted by atomic mass is 16.5. The minimum Gasteiger partial charge on any atom is -0.496 e. The van der Waals surface area contributed by atoms with Gasteiger partial charge in [0, 0.05) is 23.3 Å². The summed E-state index contributed by atoms with van der Waals surface area (Å²) in [6, 6.07) is 15.8. The Kier molecular flexibility index (Phi) is 3.98. The summed E-state index contributed by atoms with van der Waals surface area (Å²) < 4.78 is 5.59. The third kappa shape index (κ3) is 2.85. The number of methoxy groups -OCH3 is 1. The number of Topliss-reactive ketones (excluding diaryl/α,β-unsaturated/α-hetero) is 1. The van der Waals surface area contributed by atoms with Gasteiger partial charge in [0.25, 0.3) is 0 Å². The second-order valence-corrected chi connectivity index (χ2v) is 7.82. The maximum atomic E-state index is 13.2. The Morgan fingerprint density at radius 3 is 2.46 bits per heavy atom. The van der Waals surface area contributed by atoms with Gasteiger partial charge in [-0.2, -0.15) is 0 Å². The maximum Gasteiger partial charge on any atom is 0.163 e. The molecule has 1 heterocycles. The number of hydrogen-bond donors (Lipinski definition) is 2. The first-order chi connectivity index (χ1) is 12.5. The molecule has 1 atom stereocenters. The molecule has 1 aliphatic carbocycles. The van der Waals surface area contributed by atoms with Crippen molar-refractivity contribution in [2.75, 3.05) is 17.7 Å². The smallest absolute Gasteiger partial charge is 0.163 e. The molecule has 0 spiro atoms. The van der Waals surface area contributed by atoms with E-state index >= 15 is 0 Å². The summed E-state index contributed by atoms with van der Waals surface area (Å²) in [7, 11) is 1.67. The van der Waals surface area contributed by atoms with Crippen molar-refractivity contribution in [2.24, 2.45) is 5.41 Å². The van der Waals surface area contributed by atoms with Gasteiger partial charge in [-0.3, -0.25) is 4.79 Å². The average molecular weight is 348 g/mol. The predicted molar refractivity (Wildman–Crippen MR) is 104 cm³/mol. The molecule has 0 amide bonds. The molecular weight excluding hydrogens is 324 g/mol. The van der Waals surface area contributed by atoms with Crippen LogP contribution >= 0.6 is 0 Å². The molecule has 0 unspecified atom stereocenters. The lowest BCUT2D eigenvalue weighted by molar-refractivity contribution is -0.118. The zero-order valence-corrected chi connectivity index (χ0v) is 15.4. The fourth-order valence-electron chi connectivity index (χ4n) is 4.03. The summed E-state index contributed by atoms with van der Waals surface area (Å²) in [5, 5.41) is 7.13. The largest absolute Gasteiger partial charge is 0.496 e. The molecule has 0 saturated carbocycles. The topological polar surface area (TPSA) is 50.4 Å². The van der Waals surface area contributed by atoms with Crippen LogP contribution in [0.3, 0.4) is 0 Å². The Balaban J connectivity index is 1.92. The van der Waals surface area contributed by atoms with Gasteiger partial charge in [-0.25, -0.2) is 0 Å². The number of rotatable bonds is 2. The second kappa shape index (κ2) is 6.20. The highest BCUT2D eigenvalue weighted by molar-refractivity contribution is 6.01. The van der Waals surface area contributed by atoms with Crippen LogP contribution in [0.1, 0.15) is 38.3 Å². The number of anilines is 2. The molecule has 0 fully saturated rings. The van der Waals surface area contributed by atoms with Gasteiger partial charge >= 0.3 is 0 Å². The van der Waals surface area contributed by atoms with Gasteiger partial charge in [0.1, 0.15) is 5.75 Å². The average Bonchev–Trinajstić information content (AvgIpc) is 2.76. The van der Waals surface area contributed by atoms with E-state index in [1.54, 1.807) is 7.11 Å². The number of fused-ring (bicyclic) bond motifs is 1. The fourth-order valence-corrected chi connectivity index (χ4v) is 4.03. The maximum absolute atomic E-state index is 13.2. The summed E-state index contributed by atoms with van der Waals surface area (Å²) in [5.74, 6) is 0.980. The quantitative estimate of drug-likeness (QED) is 0.809. The number of ketones is 1. The van der Waals surface area contributed by atoms with Crippen LogP contribution in [-0.2, 0) is 4.79 Å². The molecule has 2 N–H and O–H groups in total. The molecule has 0 bridgehead atoms. The fraction of sp³-hybridized carbons (Fsp3) is 0.318. The minimum atomic E-state index is -0.235. The Morgan fingerprint density at radius 2 is 1.69 bits per heavy atom. The van der Waals surface area contributed by atoms with E-state index < -0.39 is 0 Å². The van der Waals surface area contributed by atoms with E-state index in [9.17, 15) is 4.79 Å². The highest BCUT2D eigenvalue weighted by Crippen LogP contribution is 2.46. The van der Waals surface area contributed by atoms with E-state index in [-0.39, 0.29) is 17.2 Å². The van der Waals surface area contributed by atoms with Crippen LogP contribution < -0.4 is 15.4 Å². The van der Waals surface area contributed by atoms with Crippen LogP contribution in [0.2, 0.25) is 0 Å². The molecule has 0 saturated heterocycles. The minimum absolute atomic E-state index is 0.0481. The zero-order valence-electron chi connectivity index (χ0n) is 15.4. The first-order valence-corrected chi connectivity index (χ1v) is 9.00. The predicted octanol–water partition coefficient (Wildman–Crippen LogP) is 4.92. The van der Waals surface area contributed by atoms with E-state index in [2.05, 4.69) is 24.5 Å². The number of benzene rings is 2. The monoisotopic (exact) mass is 348 g/mol. The lowest BCUT2D eigenvalue weighted by Crippen LogP contribution is -2.31. The number of carbonyl (C=O) groups is 1. The number of allylic oxidation sites excluding steroid dienone is 1. The van der Waals surface area contributed by atoms with Crippen LogP contribution in [0.25, 0.3) is 0 Å². The second-order valence-electron chi connectivity index (χ2n) is 7.82. The van der Waals surface area contributed by atoms with Crippen molar-refractivity contribution in [1.29, 1.82) is 0 Å². The Bertz CT molecular complexity index is 899. The first-order valence-electron chi connectivity index (χ1n) is 9.00. The zero-order chi connectivity index (χ0) is 18.3. The van der Waals surface area contributed by atoms with Gasteiger partial charge in [-0.1, -0.05) is 44.2 Å². The summed E-state index contributed by atoms with van der Waals surface area (Å²) in [6.07, 6.45) is 1.40. The molecule has 0 radical (unpaired) electrons. The van der Waals surface area contributed by atoms with Gasteiger partial charge in [0.15, 0.2) is 5.78 Å². The van der Waals surface area contributed by atoms with Crippen molar-refractivity contribution in [3.63, 3.8) is 0 Å². The van der Waals surface area contributed by atoms with Crippen molar-refractivity contribution in [3.8, 4) is 5.75 Å². The molecule has 134 valence electrons. The van der Waals surface area contributed by atoms with Crippen molar-refractivity contribution >= 4 is 17.2 Å². The Hall–Kier alpha value is -2.75. The molecule has 2 aromatic rings. The van der Waals surface area contributed by atoms with Crippen molar-refractivity contribution < 1.29 is 9.53 Å². The SMILES string of the molecule is COc1ccccc1[C@H]1Nc2ccccc2NC2=C1C(=O)CC(C)(C)C2. The highest BCUT2D eigenvalue weighted by Gasteiger charge is 2.39. The lowest BCUT2D eigenvalue weighted by Gasteiger charge is -2.34. The van der Waals surface area contributed by atoms with Gasteiger partial charge in [-0.05, 0) is 30.0 Å². The molecule has 4 heteroatoms. The van der Waals surface area contributed by atoms with Gasteiger partial charge in [0.05, 0.1) is 24.5 Å². The normalized spacial score (nSPS) is 21.0. The number of nitrogens with one attached hydrogen (secondary N) is 2. The first kappa shape index (κ1) is 16.7. The number of hydrogen-bond acceptors (Lipinski definition) is 4. The third-order valence-corrected chi connectivity index (χ3v) is 5.17. The molecule has 4 nitrogen and oxygen atoms in total. The summed E-state index contributed by atoms with van der Waals surface area (Å²) in [4.78, 5) is 13.2. The Morgan fingerprint density at radius 1 is 1.00 bits per heavy atom. The molecule has 26 heavy (non-hydrogen) atoms. The molecule has 1 aliphatic heterocycles. The van der Waals surface area contributed by atoms with Gasteiger partial charge in [-0.15, -0.1) is 0 Å².